The summed E-state index contributed by atoms with van der Waals surface area (Å²) in [5.74, 6) is 0. The van der Waals surface area contributed by atoms with Crippen LogP contribution < -0.4 is 10.6 Å². The zero-order valence-corrected chi connectivity index (χ0v) is 11.4. The minimum atomic E-state index is -0.243. The maximum atomic E-state index is 9.64. The number of anilines is 2. The molecule has 0 radical (unpaired) electrons. The number of pyridine rings is 1. The third-order valence-electron chi connectivity index (χ3n) is 3.33. The second-order valence-corrected chi connectivity index (χ2v) is 5.53. The van der Waals surface area contributed by atoms with Crippen molar-refractivity contribution in [3.8, 4) is 0 Å². The van der Waals surface area contributed by atoms with Crippen molar-refractivity contribution in [3.05, 3.63) is 28.9 Å². The van der Waals surface area contributed by atoms with E-state index in [9.17, 15) is 5.11 Å². The summed E-state index contributed by atoms with van der Waals surface area (Å²) < 4.78 is 0.917. The van der Waals surface area contributed by atoms with Crippen molar-refractivity contribution in [2.24, 2.45) is 0 Å². The first kappa shape index (κ1) is 11.7. The Kier molecular flexibility index (Phi) is 2.87. The van der Waals surface area contributed by atoms with Crippen molar-refractivity contribution < 1.29 is 5.11 Å². The quantitative estimate of drug-likeness (QED) is 0.793. The highest BCUT2D eigenvalue weighted by molar-refractivity contribution is 9.10. The molecule has 18 heavy (non-hydrogen) atoms. The van der Waals surface area contributed by atoms with Gasteiger partial charge in [0.15, 0.2) is 0 Å². The van der Waals surface area contributed by atoms with E-state index in [1.165, 1.54) is 0 Å². The molecule has 5 heteroatoms. The number of aliphatic hydroxyl groups is 1. The van der Waals surface area contributed by atoms with Gasteiger partial charge in [0.2, 0.25) is 0 Å². The van der Waals surface area contributed by atoms with Gasteiger partial charge in [-0.05, 0) is 40.5 Å². The van der Waals surface area contributed by atoms with Crippen LogP contribution in [-0.4, -0.2) is 29.3 Å². The maximum Gasteiger partial charge on any atom is 0.0956 e. The molecule has 0 amide bonds. The summed E-state index contributed by atoms with van der Waals surface area (Å²) in [4.78, 5) is 6.62. The van der Waals surface area contributed by atoms with Crippen LogP contribution in [0.1, 0.15) is 6.42 Å². The molecule has 1 aliphatic heterocycles. The van der Waals surface area contributed by atoms with Gasteiger partial charge >= 0.3 is 0 Å². The predicted molar refractivity (Wildman–Crippen MR) is 76.7 cm³/mol. The van der Waals surface area contributed by atoms with Gasteiger partial charge in [0.25, 0.3) is 0 Å². The lowest BCUT2D eigenvalue weighted by atomic mass is 10.1. The van der Waals surface area contributed by atoms with Crippen molar-refractivity contribution >= 4 is 38.2 Å². The van der Waals surface area contributed by atoms with Crippen LogP contribution in [0.5, 0.6) is 0 Å². The van der Waals surface area contributed by atoms with Crippen LogP contribution in [-0.2, 0) is 0 Å². The first-order chi connectivity index (χ1) is 8.65. The Morgan fingerprint density at radius 1 is 1.44 bits per heavy atom. The van der Waals surface area contributed by atoms with Gasteiger partial charge in [-0.15, -0.1) is 0 Å². The number of halogens is 1. The lowest BCUT2D eigenvalue weighted by molar-refractivity contribution is 0.198. The number of fused-ring (bicyclic) bond motifs is 1. The van der Waals surface area contributed by atoms with Gasteiger partial charge in [0.1, 0.15) is 0 Å². The normalized spacial score (nSPS) is 19.7. The highest BCUT2D eigenvalue weighted by atomic mass is 79.9. The van der Waals surface area contributed by atoms with Crippen molar-refractivity contribution in [3.63, 3.8) is 0 Å². The molecule has 0 saturated carbocycles. The molecule has 0 bridgehead atoms. The molecule has 1 aliphatic rings. The third-order valence-corrected chi connectivity index (χ3v) is 3.77. The van der Waals surface area contributed by atoms with E-state index in [1.54, 1.807) is 6.20 Å². The standard InChI is InChI=1S/C13H14BrN3O/c14-8-5-10-11(15)1-2-12(13(10)16-6-8)17-4-3-9(18)7-17/h1-2,5-6,9,18H,3-4,7,15H2. The van der Waals surface area contributed by atoms with Gasteiger partial charge in [0, 0.05) is 34.8 Å². The smallest absolute Gasteiger partial charge is 0.0956 e. The van der Waals surface area contributed by atoms with Crippen LogP contribution in [0.4, 0.5) is 11.4 Å². The Morgan fingerprint density at radius 3 is 3.00 bits per heavy atom. The van der Waals surface area contributed by atoms with E-state index in [4.69, 9.17) is 5.73 Å². The Hall–Kier alpha value is -1.33. The van der Waals surface area contributed by atoms with Crippen molar-refractivity contribution in [2.75, 3.05) is 23.7 Å². The first-order valence-corrected chi connectivity index (χ1v) is 6.71. The largest absolute Gasteiger partial charge is 0.398 e. The van der Waals surface area contributed by atoms with Crippen LogP contribution in [0.25, 0.3) is 10.9 Å². The average molecular weight is 308 g/mol. The molecule has 1 unspecified atom stereocenters. The zero-order valence-electron chi connectivity index (χ0n) is 9.81. The Morgan fingerprint density at radius 2 is 2.28 bits per heavy atom. The molecule has 0 spiro atoms. The fourth-order valence-electron chi connectivity index (χ4n) is 2.42. The SMILES string of the molecule is Nc1ccc(N2CCC(O)C2)c2ncc(Br)cc12. The van der Waals surface area contributed by atoms with Crippen LogP contribution in [0.2, 0.25) is 0 Å². The van der Waals surface area contributed by atoms with E-state index in [0.717, 1.165) is 39.7 Å². The van der Waals surface area contributed by atoms with E-state index in [2.05, 4.69) is 25.8 Å². The lowest BCUT2D eigenvalue weighted by Gasteiger charge is -2.20. The fourth-order valence-corrected chi connectivity index (χ4v) is 2.75. The Labute approximate surface area is 114 Å². The molecule has 2 heterocycles. The summed E-state index contributed by atoms with van der Waals surface area (Å²) in [5.41, 5.74) is 8.66. The number of aliphatic hydroxyl groups excluding tert-OH is 1. The number of hydrogen-bond acceptors (Lipinski definition) is 4. The monoisotopic (exact) mass is 307 g/mol. The molecule has 3 rings (SSSR count). The minimum absolute atomic E-state index is 0.243. The van der Waals surface area contributed by atoms with E-state index in [-0.39, 0.29) is 6.10 Å². The lowest BCUT2D eigenvalue weighted by Crippen LogP contribution is -2.21. The molecule has 2 aromatic rings. The summed E-state index contributed by atoms with van der Waals surface area (Å²) in [7, 11) is 0. The maximum absolute atomic E-state index is 9.64. The van der Waals surface area contributed by atoms with Gasteiger partial charge in [-0.25, -0.2) is 0 Å². The van der Waals surface area contributed by atoms with Crippen LogP contribution in [0.15, 0.2) is 28.9 Å². The number of β-amino-alcohol motifs (C(OH)–C–C–N with tert-alkyl or cyclic N) is 1. The number of nitrogens with two attached hydrogens (primary N) is 1. The number of hydrogen-bond donors (Lipinski definition) is 2. The molecule has 1 atom stereocenters. The number of benzene rings is 1. The summed E-state index contributed by atoms with van der Waals surface area (Å²) in [5, 5.41) is 10.6. The number of aromatic nitrogens is 1. The molecule has 1 aromatic carbocycles. The molecule has 0 aliphatic carbocycles. The summed E-state index contributed by atoms with van der Waals surface area (Å²) in [6.45, 7) is 1.52. The molecule has 1 saturated heterocycles. The minimum Gasteiger partial charge on any atom is -0.398 e. The fraction of sp³-hybridized carbons (Fsp3) is 0.308. The topological polar surface area (TPSA) is 62.4 Å². The van der Waals surface area contributed by atoms with E-state index in [1.807, 2.05) is 18.2 Å². The number of nitrogens with zero attached hydrogens (tertiary/aromatic N) is 2. The van der Waals surface area contributed by atoms with Gasteiger partial charge < -0.3 is 15.7 Å². The van der Waals surface area contributed by atoms with Gasteiger partial charge in [-0.2, -0.15) is 0 Å². The van der Waals surface area contributed by atoms with E-state index >= 15 is 0 Å². The highest BCUT2D eigenvalue weighted by Gasteiger charge is 2.22. The second kappa shape index (κ2) is 4.40. The molecule has 3 N–H and O–H groups in total. The van der Waals surface area contributed by atoms with Crippen LogP contribution >= 0.6 is 15.9 Å². The molecular formula is C13H14BrN3O. The molecule has 1 aromatic heterocycles. The van der Waals surface area contributed by atoms with Gasteiger partial charge in [-0.1, -0.05) is 0 Å². The predicted octanol–water partition coefficient (Wildman–Crippen LogP) is 2.15. The zero-order chi connectivity index (χ0) is 12.7. The average Bonchev–Trinajstić information content (AvgIpc) is 2.77. The number of rotatable bonds is 1. The molecule has 1 fully saturated rings. The van der Waals surface area contributed by atoms with E-state index < -0.39 is 0 Å². The van der Waals surface area contributed by atoms with Gasteiger partial charge in [-0.3, -0.25) is 4.98 Å². The highest BCUT2D eigenvalue weighted by Crippen LogP contribution is 2.32. The van der Waals surface area contributed by atoms with Gasteiger partial charge in [0.05, 0.1) is 17.3 Å². The van der Waals surface area contributed by atoms with Crippen LogP contribution in [0, 0.1) is 0 Å². The molecular weight excluding hydrogens is 294 g/mol. The van der Waals surface area contributed by atoms with Crippen molar-refractivity contribution in [1.29, 1.82) is 0 Å². The number of nitrogen functional groups attached to an aromatic ring is 1. The van der Waals surface area contributed by atoms with Crippen LogP contribution in [0.3, 0.4) is 0 Å². The second-order valence-electron chi connectivity index (χ2n) is 4.61. The third kappa shape index (κ3) is 1.93. The Bertz CT molecular complexity index is 602. The summed E-state index contributed by atoms with van der Waals surface area (Å²) >= 11 is 3.41. The van der Waals surface area contributed by atoms with Crippen molar-refractivity contribution in [2.45, 2.75) is 12.5 Å². The molecule has 94 valence electrons. The summed E-state index contributed by atoms with van der Waals surface area (Å²) in [6.07, 6.45) is 2.34. The molecule has 4 nitrogen and oxygen atoms in total. The van der Waals surface area contributed by atoms with E-state index in [0.29, 0.717) is 6.54 Å². The first-order valence-electron chi connectivity index (χ1n) is 5.92. The summed E-state index contributed by atoms with van der Waals surface area (Å²) in [6, 6.07) is 5.86. The Balaban J connectivity index is 2.15. The van der Waals surface area contributed by atoms with Crippen molar-refractivity contribution in [1.82, 2.24) is 4.98 Å².